The van der Waals surface area contributed by atoms with Gasteiger partial charge in [0.2, 0.25) is 5.95 Å². The maximum absolute atomic E-state index is 13.3. The molecule has 4 heteroatoms. The Hall–Kier alpha value is -2.23. The van der Waals surface area contributed by atoms with Crippen LogP contribution in [-0.2, 0) is 6.42 Å². The number of carbonyl (C=O) groups excluding carboxylic acids is 1. The highest BCUT2D eigenvalue weighted by Crippen LogP contribution is 2.33. The third kappa shape index (κ3) is 2.21. The second-order valence-corrected chi connectivity index (χ2v) is 4.65. The van der Waals surface area contributed by atoms with Crippen molar-refractivity contribution >= 4 is 5.91 Å². The number of fused-ring (bicyclic) bond motifs is 1. The average Bonchev–Trinajstić information content (AvgIpc) is 2.40. The summed E-state index contributed by atoms with van der Waals surface area (Å²) in [4.78, 5) is 15.3. The number of aromatic nitrogens is 1. The first kappa shape index (κ1) is 11.8. The van der Waals surface area contributed by atoms with Crippen LogP contribution in [0.2, 0.25) is 0 Å². The largest absolute Gasteiger partial charge is 0.351 e. The average molecular weight is 256 g/mol. The fourth-order valence-corrected chi connectivity index (χ4v) is 2.41. The molecule has 1 amide bonds. The molecule has 1 aliphatic carbocycles. The van der Waals surface area contributed by atoms with Crippen LogP contribution in [0.1, 0.15) is 27.4 Å². The minimum Gasteiger partial charge on any atom is -0.351 e. The number of benzene rings is 1. The van der Waals surface area contributed by atoms with E-state index in [-0.39, 0.29) is 5.56 Å². The van der Waals surface area contributed by atoms with Gasteiger partial charge in [0, 0.05) is 18.7 Å². The van der Waals surface area contributed by atoms with Crippen LogP contribution in [0.25, 0.3) is 0 Å². The van der Waals surface area contributed by atoms with Crippen LogP contribution in [-0.4, -0.2) is 17.4 Å². The lowest BCUT2D eigenvalue weighted by molar-refractivity contribution is 0.0945. The van der Waals surface area contributed by atoms with Crippen molar-refractivity contribution in [3.05, 3.63) is 65.2 Å². The van der Waals surface area contributed by atoms with E-state index in [1.54, 1.807) is 6.07 Å². The van der Waals surface area contributed by atoms with Crippen molar-refractivity contribution in [3.8, 4) is 0 Å². The summed E-state index contributed by atoms with van der Waals surface area (Å²) in [5.74, 6) is -0.802. The second-order valence-electron chi connectivity index (χ2n) is 4.65. The van der Waals surface area contributed by atoms with Gasteiger partial charge in [-0.15, -0.1) is 0 Å². The van der Waals surface area contributed by atoms with E-state index in [1.165, 1.54) is 23.4 Å². The predicted octanol–water partition coefficient (Wildman–Crippen LogP) is 2.29. The van der Waals surface area contributed by atoms with E-state index >= 15 is 0 Å². The van der Waals surface area contributed by atoms with Crippen molar-refractivity contribution in [2.45, 2.75) is 12.3 Å². The van der Waals surface area contributed by atoms with Gasteiger partial charge in [-0.1, -0.05) is 24.3 Å². The summed E-state index contributed by atoms with van der Waals surface area (Å²) >= 11 is 0. The Morgan fingerprint density at radius 2 is 2.16 bits per heavy atom. The summed E-state index contributed by atoms with van der Waals surface area (Å²) in [6.45, 7) is 0.532. The van der Waals surface area contributed by atoms with Gasteiger partial charge in [0.05, 0.1) is 5.56 Å². The number of pyridine rings is 1. The van der Waals surface area contributed by atoms with Gasteiger partial charge in [0.25, 0.3) is 5.91 Å². The first-order valence-corrected chi connectivity index (χ1v) is 6.22. The van der Waals surface area contributed by atoms with Crippen LogP contribution in [0.3, 0.4) is 0 Å². The summed E-state index contributed by atoms with van der Waals surface area (Å²) in [5, 5.41) is 2.76. The molecule has 1 atom stereocenters. The number of hydrogen-bond donors (Lipinski definition) is 1. The van der Waals surface area contributed by atoms with Crippen molar-refractivity contribution in [1.82, 2.24) is 10.3 Å². The molecule has 1 unspecified atom stereocenters. The van der Waals surface area contributed by atoms with Gasteiger partial charge in [-0.3, -0.25) is 4.79 Å². The normalized spacial score (nSPS) is 16.4. The van der Waals surface area contributed by atoms with E-state index in [1.807, 2.05) is 12.1 Å². The third-order valence-electron chi connectivity index (χ3n) is 3.47. The Morgan fingerprint density at radius 3 is 2.95 bits per heavy atom. The molecular formula is C15H13FN2O. The first-order valence-electron chi connectivity index (χ1n) is 6.22. The molecule has 0 bridgehead atoms. The lowest BCUT2D eigenvalue weighted by Crippen LogP contribution is -2.33. The van der Waals surface area contributed by atoms with Gasteiger partial charge in [0.15, 0.2) is 0 Å². The first-order chi connectivity index (χ1) is 9.25. The molecule has 3 rings (SSSR count). The molecule has 0 saturated heterocycles. The third-order valence-corrected chi connectivity index (χ3v) is 3.47. The highest BCUT2D eigenvalue weighted by atomic mass is 19.1. The second kappa shape index (κ2) is 4.80. The van der Waals surface area contributed by atoms with Gasteiger partial charge in [0.1, 0.15) is 0 Å². The van der Waals surface area contributed by atoms with Crippen molar-refractivity contribution in [2.24, 2.45) is 0 Å². The summed E-state index contributed by atoms with van der Waals surface area (Å²) in [7, 11) is 0. The Labute approximate surface area is 110 Å². The Kier molecular flexibility index (Phi) is 2.99. The molecule has 2 aromatic rings. The van der Waals surface area contributed by atoms with Crippen LogP contribution in [0.15, 0.2) is 42.6 Å². The highest BCUT2D eigenvalue weighted by Gasteiger charge is 2.25. The van der Waals surface area contributed by atoms with Gasteiger partial charge >= 0.3 is 0 Å². The summed E-state index contributed by atoms with van der Waals surface area (Å²) in [6, 6.07) is 11.2. The Balaban J connectivity index is 1.63. The number of hydrogen-bond acceptors (Lipinski definition) is 2. The van der Waals surface area contributed by atoms with Crippen molar-refractivity contribution < 1.29 is 9.18 Å². The highest BCUT2D eigenvalue weighted by molar-refractivity contribution is 5.94. The molecular weight excluding hydrogens is 243 g/mol. The van der Waals surface area contributed by atoms with Crippen LogP contribution in [0.4, 0.5) is 4.39 Å². The zero-order valence-electron chi connectivity index (χ0n) is 10.3. The fraction of sp³-hybridized carbons (Fsp3) is 0.200. The zero-order chi connectivity index (χ0) is 13.2. The molecule has 1 aromatic heterocycles. The SMILES string of the molecule is O=C(NCC1Cc2ccccc21)c1cccnc1F. The van der Waals surface area contributed by atoms with Crippen molar-refractivity contribution in [3.63, 3.8) is 0 Å². The number of carbonyl (C=O) groups is 1. The molecule has 0 fully saturated rings. The molecule has 0 radical (unpaired) electrons. The Morgan fingerprint density at radius 1 is 1.32 bits per heavy atom. The molecule has 1 N–H and O–H groups in total. The van der Waals surface area contributed by atoms with Crippen LogP contribution in [0, 0.1) is 5.95 Å². The minimum atomic E-state index is -0.728. The van der Waals surface area contributed by atoms with Gasteiger partial charge in [-0.25, -0.2) is 4.98 Å². The maximum atomic E-state index is 13.3. The fourth-order valence-electron chi connectivity index (χ4n) is 2.41. The minimum absolute atomic E-state index is 0.00453. The quantitative estimate of drug-likeness (QED) is 0.856. The number of amides is 1. The molecule has 0 aliphatic heterocycles. The van der Waals surface area contributed by atoms with Gasteiger partial charge < -0.3 is 5.32 Å². The molecule has 0 saturated carbocycles. The van der Waals surface area contributed by atoms with E-state index in [9.17, 15) is 9.18 Å². The van der Waals surface area contributed by atoms with Crippen molar-refractivity contribution in [1.29, 1.82) is 0 Å². The van der Waals surface area contributed by atoms with Crippen LogP contribution >= 0.6 is 0 Å². The molecule has 19 heavy (non-hydrogen) atoms. The molecule has 96 valence electrons. The topological polar surface area (TPSA) is 42.0 Å². The van der Waals surface area contributed by atoms with Gasteiger partial charge in [-0.2, -0.15) is 4.39 Å². The molecule has 1 aliphatic rings. The molecule has 0 spiro atoms. The zero-order valence-corrected chi connectivity index (χ0v) is 10.3. The lowest BCUT2D eigenvalue weighted by Gasteiger charge is -2.30. The van der Waals surface area contributed by atoms with E-state index in [4.69, 9.17) is 0 Å². The summed E-state index contributed by atoms with van der Waals surface area (Å²) < 4.78 is 13.3. The van der Waals surface area contributed by atoms with E-state index in [0.29, 0.717) is 12.5 Å². The van der Waals surface area contributed by atoms with Crippen LogP contribution in [0.5, 0.6) is 0 Å². The monoisotopic (exact) mass is 256 g/mol. The lowest BCUT2D eigenvalue weighted by atomic mass is 9.77. The number of nitrogens with zero attached hydrogens (tertiary/aromatic N) is 1. The van der Waals surface area contributed by atoms with Crippen LogP contribution < -0.4 is 5.32 Å². The maximum Gasteiger partial charge on any atom is 0.255 e. The molecule has 3 nitrogen and oxygen atoms in total. The van der Waals surface area contributed by atoms with E-state index in [0.717, 1.165) is 6.42 Å². The standard InChI is InChI=1S/C15H13FN2O/c16-14-13(6-3-7-17-14)15(19)18-9-11-8-10-4-1-2-5-12(10)11/h1-7,11H,8-9H2,(H,18,19). The van der Waals surface area contributed by atoms with Gasteiger partial charge in [-0.05, 0) is 29.7 Å². The predicted molar refractivity (Wildman–Crippen MR) is 69.4 cm³/mol. The van der Waals surface area contributed by atoms with Crippen molar-refractivity contribution in [2.75, 3.05) is 6.54 Å². The summed E-state index contributed by atoms with van der Waals surface area (Å²) in [6.07, 6.45) is 2.29. The molecule has 1 aromatic carbocycles. The van der Waals surface area contributed by atoms with E-state index in [2.05, 4.69) is 22.4 Å². The Bertz CT molecular complexity index is 627. The molecule has 1 heterocycles. The number of nitrogens with one attached hydrogen (secondary N) is 1. The van der Waals surface area contributed by atoms with E-state index < -0.39 is 11.9 Å². The number of rotatable bonds is 3. The smallest absolute Gasteiger partial charge is 0.255 e. The number of halogens is 1. The summed E-state index contributed by atoms with van der Waals surface area (Å²) in [5.41, 5.74) is 2.60.